The van der Waals surface area contributed by atoms with Crippen molar-refractivity contribution in [2.75, 3.05) is 17.9 Å². The second kappa shape index (κ2) is 10.6. The van der Waals surface area contributed by atoms with Crippen molar-refractivity contribution in [3.63, 3.8) is 0 Å². The fourth-order valence-corrected chi connectivity index (χ4v) is 3.68. The summed E-state index contributed by atoms with van der Waals surface area (Å²) in [7, 11) is -3.96. The number of benzene rings is 1. The van der Waals surface area contributed by atoms with Gasteiger partial charge in [0.05, 0.1) is 11.5 Å². The van der Waals surface area contributed by atoms with Crippen molar-refractivity contribution in [1.82, 2.24) is 15.4 Å². The Kier molecular flexibility index (Phi) is 8.16. The molecular formula is C19H26N6O5S. The predicted octanol–water partition coefficient (Wildman–Crippen LogP) is 0.0508. The lowest BCUT2D eigenvalue weighted by molar-refractivity contribution is -0.122. The zero-order chi connectivity index (χ0) is 23.0. The summed E-state index contributed by atoms with van der Waals surface area (Å²) < 4.78 is 28.7. The zero-order valence-electron chi connectivity index (χ0n) is 17.3. The Hall–Kier alpha value is -3.38. The molecule has 0 saturated heterocycles. The quantitative estimate of drug-likeness (QED) is 0.147. The molecule has 1 heterocycles. The Balaban J connectivity index is 2.10. The number of carbonyl (C=O) groups excluding carboxylic acids is 1. The number of pyridine rings is 1. The van der Waals surface area contributed by atoms with Gasteiger partial charge < -0.3 is 15.6 Å². The van der Waals surface area contributed by atoms with Crippen LogP contribution in [0.4, 0.5) is 5.69 Å². The van der Waals surface area contributed by atoms with Gasteiger partial charge in [-0.1, -0.05) is 19.1 Å². The summed E-state index contributed by atoms with van der Waals surface area (Å²) in [6.07, 6.45) is 0.776. The van der Waals surface area contributed by atoms with Gasteiger partial charge in [0.1, 0.15) is 12.2 Å². The molecule has 2 rings (SSSR count). The zero-order valence-corrected chi connectivity index (χ0v) is 18.1. The van der Waals surface area contributed by atoms with Gasteiger partial charge in [-0.3, -0.25) is 24.6 Å². The van der Waals surface area contributed by atoms with Crippen molar-refractivity contribution in [3.05, 3.63) is 58.0 Å². The van der Waals surface area contributed by atoms with Crippen LogP contribution >= 0.6 is 0 Å². The van der Waals surface area contributed by atoms with E-state index in [9.17, 15) is 18.0 Å². The minimum absolute atomic E-state index is 0.0353. The lowest BCUT2D eigenvalue weighted by Gasteiger charge is -2.14. The average molecular weight is 451 g/mol. The molecule has 1 amide bonds. The van der Waals surface area contributed by atoms with Crippen molar-refractivity contribution < 1.29 is 18.0 Å². The van der Waals surface area contributed by atoms with E-state index in [2.05, 4.69) is 15.5 Å². The highest BCUT2D eigenvalue weighted by atomic mass is 32.2. The Morgan fingerprint density at radius 3 is 2.48 bits per heavy atom. The van der Waals surface area contributed by atoms with E-state index in [0.717, 1.165) is 12.0 Å². The minimum atomic E-state index is -3.96. The van der Waals surface area contributed by atoms with Crippen LogP contribution in [0, 0.1) is 12.3 Å². The third-order valence-electron chi connectivity index (χ3n) is 4.29. The molecule has 0 unspecified atom stereocenters. The number of sulfonamides is 1. The molecule has 1 aromatic heterocycles. The van der Waals surface area contributed by atoms with E-state index in [4.69, 9.17) is 16.0 Å². The Morgan fingerprint density at radius 1 is 1.19 bits per heavy atom. The van der Waals surface area contributed by atoms with Crippen LogP contribution in [0.5, 0.6) is 0 Å². The first-order valence-electron chi connectivity index (χ1n) is 9.44. The lowest BCUT2D eigenvalue weighted by atomic mass is 10.2. The van der Waals surface area contributed by atoms with Gasteiger partial charge in [0, 0.05) is 12.2 Å². The molecule has 12 heteroatoms. The molecular weight excluding hydrogens is 424 g/mol. The SMILES string of the molecule is CCc1ccc(S(=O)(=O)Nc2ccc(C)n(CC(=O)NCCONC(=N)N)c2=O)cc1. The van der Waals surface area contributed by atoms with E-state index in [0.29, 0.717) is 5.69 Å². The highest BCUT2D eigenvalue weighted by Crippen LogP contribution is 2.15. The summed E-state index contributed by atoms with van der Waals surface area (Å²) in [5.74, 6) is -0.833. The summed E-state index contributed by atoms with van der Waals surface area (Å²) >= 11 is 0. The largest absolute Gasteiger partial charge is 0.368 e. The van der Waals surface area contributed by atoms with Crippen LogP contribution in [0.25, 0.3) is 0 Å². The third-order valence-corrected chi connectivity index (χ3v) is 5.67. The molecule has 11 nitrogen and oxygen atoms in total. The second-order valence-electron chi connectivity index (χ2n) is 6.60. The minimum Gasteiger partial charge on any atom is -0.368 e. The number of anilines is 1. The standard InChI is InChI=1S/C19H26N6O5S/c1-3-14-5-7-15(8-6-14)31(28,29)24-16-9-4-13(2)25(18(16)27)12-17(26)22-10-11-30-23-19(20)21/h4-9,24H,3,10-12H2,1-2H3,(H,22,26)(H4,20,21,23). The Bertz CT molecular complexity index is 1100. The molecule has 0 aliphatic heterocycles. The van der Waals surface area contributed by atoms with Gasteiger partial charge in [-0.2, -0.15) is 0 Å². The van der Waals surface area contributed by atoms with E-state index in [1.807, 2.05) is 6.92 Å². The number of guanidine groups is 1. The first-order chi connectivity index (χ1) is 14.6. The lowest BCUT2D eigenvalue weighted by Crippen LogP contribution is -2.37. The van der Waals surface area contributed by atoms with Crippen LogP contribution in [-0.4, -0.2) is 38.0 Å². The smallest absolute Gasteiger partial charge is 0.275 e. The molecule has 2 aromatic rings. The van der Waals surface area contributed by atoms with Crippen molar-refractivity contribution in [1.29, 1.82) is 5.41 Å². The molecule has 0 aliphatic carbocycles. The Morgan fingerprint density at radius 2 is 1.87 bits per heavy atom. The van der Waals surface area contributed by atoms with E-state index in [-0.39, 0.29) is 36.2 Å². The molecule has 0 aliphatic rings. The number of carbonyl (C=O) groups is 1. The summed E-state index contributed by atoms with van der Waals surface area (Å²) in [4.78, 5) is 29.8. The van der Waals surface area contributed by atoms with Crippen LogP contribution in [0.3, 0.4) is 0 Å². The molecule has 0 atom stereocenters. The van der Waals surface area contributed by atoms with Gasteiger partial charge >= 0.3 is 0 Å². The van der Waals surface area contributed by atoms with Gasteiger partial charge in [-0.15, -0.1) is 0 Å². The molecule has 31 heavy (non-hydrogen) atoms. The molecule has 0 spiro atoms. The van der Waals surface area contributed by atoms with Crippen molar-refractivity contribution in [2.45, 2.75) is 31.7 Å². The summed E-state index contributed by atoms with van der Waals surface area (Å²) in [5, 5.41) is 9.48. The van der Waals surface area contributed by atoms with Gasteiger partial charge in [0.25, 0.3) is 15.6 Å². The van der Waals surface area contributed by atoms with Crippen LogP contribution in [0.15, 0.2) is 46.1 Å². The number of hydrogen-bond acceptors (Lipinski definition) is 6. The Labute approximate surface area is 180 Å². The van der Waals surface area contributed by atoms with Gasteiger partial charge in [-0.25, -0.2) is 13.9 Å². The predicted molar refractivity (Wildman–Crippen MR) is 116 cm³/mol. The van der Waals surface area contributed by atoms with Gasteiger partial charge in [0.15, 0.2) is 0 Å². The van der Waals surface area contributed by atoms with Crippen LogP contribution in [0.2, 0.25) is 0 Å². The number of aryl methyl sites for hydroxylation is 2. The van der Waals surface area contributed by atoms with Crippen molar-refractivity contribution in [2.24, 2.45) is 5.73 Å². The van der Waals surface area contributed by atoms with Crippen LogP contribution in [-0.2, 0) is 32.6 Å². The fraction of sp³-hybridized carbons (Fsp3) is 0.316. The van der Waals surface area contributed by atoms with Crippen molar-refractivity contribution >= 4 is 27.6 Å². The first-order valence-corrected chi connectivity index (χ1v) is 10.9. The number of nitrogens with one attached hydrogen (secondary N) is 4. The molecule has 6 N–H and O–H groups in total. The number of amides is 1. The summed E-state index contributed by atoms with van der Waals surface area (Å²) in [5.41, 5.74) is 7.86. The maximum atomic E-state index is 12.8. The first kappa shape index (κ1) is 23.9. The number of aromatic nitrogens is 1. The summed E-state index contributed by atoms with van der Waals surface area (Å²) in [6.45, 7) is 3.47. The van der Waals surface area contributed by atoms with Crippen molar-refractivity contribution in [3.8, 4) is 0 Å². The van der Waals surface area contributed by atoms with Gasteiger partial charge in [0.2, 0.25) is 11.9 Å². The maximum Gasteiger partial charge on any atom is 0.275 e. The van der Waals surface area contributed by atoms with Crippen LogP contribution < -0.4 is 26.8 Å². The van der Waals surface area contributed by atoms with E-state index < -0.39 is 21.5 Å². The fourth-order valence-electron chi connectivity index (χ4n) is 2.62. The number of rotatable bonds is 10. The van der Waals surface area contributed by atoms with E-state index in [1.165, 1.54) is 22.8 Å². The monoisotopic (exact) mass is 450 g/mol. The average Bonchev–Trinajstić information content (AvgIpc) is 2.72. The highest BCUT2D eigenvalue weighted by Gasteiger charge is 2.18. The molecule has 0 bridgehead atoms. The number of hydrogen-bond donors (Lipinski definition) is 5. The van der Waals surface area contributed by atoms with E-state index >= 15 is 0 Å². The molecule has 0 fully saturated rings. The molecule has 0 radical (unpaired) electrons. The van der Waals surface area contributed by atoms with Crippen LogP contribution in [0.1, 0.15) is 18.2 Å². The number of nitrogens with zero attached hydrogens (tertiary/aromatic N) is 1. The number of hydroxylamine groups is 1. The molecule has 168 valence electrons. The van der Waals surface area contributed by atoms with Gasteiger partial charge in [-0.05, 0) is 43.2 Å². The highest BCUT2D eigenvalue weighted by molar-refractivity contribution is 7.92. The molecule has 1 aromatic carbocycles. The third kappa shape index (κ3) is 6.83. The number of nitrogens with two attached hydrogens (primary N) is 1. The summed E-state index contributed by atoms with van der Waals surface area (Å²) in [6, 6.07) is 9.29. The topological polar surface area (TPSA) is 168 Å². The second-order valence-corrected chi connectivity index (χ2v) is 8.28. The maximum absolute atomic E-state index is 12.8. The normalized spacial score (nSPS) is 11.0. The molecule has 0 saturated carbocycles. The van der Waals surface area contributed by atoms with E-state index in [1.54, 1.807) is 25.1 Å².